The van der Waals surface area contributed by atoms with Gasteiger partial charge >= 0.3 is 6.18 Å². The van der Waals surface area contributed by atoms with E-state index in [-0.39, 0.29) is 17.3 Å². The standard InChI is InChI=1S/C17H21F3O/c1-11(6-7-12(2)17(18,19)20)13-8-9-14-15(21)5-4-10-16(13,14)3/h8,11-12,14H,4-5,9-10H2,1-3H3/t11-,12?,14+,16-/m1/s1. The normalized spacial score (nSPS) is 31.8. The van der Waals surface area contributed by atoms with E-state index in [4.69, 9.17) is 0 Å². The Morgan fingerprint density at radius 3 is 2.62 bits per heavy atom. The number of Topliss-reactive ketones (excluding diaryl/α,β-unsaturated/α-hetero) is 1. The number of halogens is 3. The predicted molar refractivity (Wildman–Crippen MR) is 75.3 cm³/mol. The average molecular weight is 298 g/mol. The lowest BCUT2D eigenvalue weighted by Gasteiger charge is -2.39. The second-order valence-corrected chi connectivity index (χ2v) is 6.46. The van der Waals surface area contributed by atoms with E-state index in [2.05, 4.69) is 18.8 Å². The lowest BCUT2D eigenvalue weighted by molar-refractivity contribution is -0.153. The summed E-state index contributed by atoms with van der Waals surface area (Å²) < 4.78 is 37.5. The molecule has 1 nitrogen and oxygen atoms in total. The first-order valence-electron chi connectivity index (χ1n) is 7.47. The maximum atomic E-state index is 12.5. The molecule has 116 valence electrons. The first-order valence-corrected chi connectivity index (χ1v) is 7.47. The van der Waals surface area contributed by atoms with Crippen LogP contribution in [0.1, 0.15) is 46.5 Å². The number of hydrogen-bond acceptors (Lipinski definition) is 1. The second kappa shape index (κ2) is 5.51. The summed E-state index contributed by atoms with van der Waals surface area (Å²) in [4.78, 5) is 12.0. The van der Waals surface area contributed by atoms with E-state index in [1.54, 1.807) is 0 Å². The fourth-order valence-corrected chi connectivity index (χ4v) is 3.63. The van der Waals surface area contributed by atoms with Crippen LogP contribution in [-0.4, -0.2) is 12.0 Å². The quantitative estimate of drug-likeness (QED) is 0.513. The Labute approximate surface area is 124 Å². The number of rotatable bonds is 1. The summed E-state index contributed by atoms with van der Waals surface area (Å²) in [5.41, 5.74) is 0.854. The summed E-state index contributed by atoms with van der Waals surface area (Å²) in [6.07, 6.45) is 0.895. The SMILES string of the molecule is CC(C#C[C@@H](C)C1=CC[C@H]2C(=O)CCC[C@]12C)C(F)(F)F. The van der Waals surface area contributed by atoms with Crippen LogP contribution in [0.5, 0.6) is 0 Å². The van der Waals surface area contributed by atoms with Gasteiger partial charge in [0.15, 0.2) is 0 Å². The van der Waals surface area contributed by atoms with Crippen molar-refractivity contribution in [3.05, 3.63) is 11.6 Å². The molecule has 2 rings (SSSR count). The Hall–Kier alpha value is -1.24. The number of carbonyl (C=O) groups excluding carboxylic acids is 1. The van der Waals surface area contributed by atoms with Crippen LogP contribution >= 0.6 is 0 Å². The molecule has 0 saturated heterocycles. The third-order valence-electron chi connectivity index (χ3n) is 4.98. The van der Waals surface area contributed by atoms with Gasteiger partial charge in [0.25, 0.3) is 0 Å². The highest BCUT2D eigenvalue weighted by molar-refractivity contribution is 5.84. The third-order valence-corrected chi connectivity index (χ3v) is 4.98. The van der Waals surface area contributed by atoms with Crippen LogP contribution in [0.25, 0.3) is 0 Å². The van der Waals surface area contributed by atoms with E-state index < -0.39 is 12.1 Å². The second-order valence-electron chi connectivity index (χ2n) is 6.46. The highest BCUT2D eigenvalue weighted by Gasteiger charge is 2.47. The van der Waals surface area contributed by atoms with Gasteiger partial charge in [-0.1, -0.05) is 30.4 Å². The minimum Gasteiger partial charge on any atom is -0.299 e. The number of carbonyl (C=O) groups is 1. The molecule has 0 radical (unpaired) electrons. The molecule has 0 spiro atoms. The van der Waals surface area contributed by atoms with E-state index >= 15 is 0 Å². The van der Waals surface area contributed by atoms with Gasteiger partial charge in [0.2, 0.25) is 0 Å². The summed E-state index contributed by atoms with van der Waals surface area (Å²) >= 11 is 0. The molecule has 1 fully saturated rings. The number of fused-ring (bicyclic) bond motifs is 1. The average Bonchev–Trinajstić information content (AvgIpc) is 2.73. The maximum absolute atomic E-state index is 12.5. The lowest BCUT2D eigenvalue weighted by Crippen LogP contribution is -2.36. The highest BCUT2D eigenvalue weighted by atomic mass is 19.4. The van der Waals surface area contributed by atoms with Crippen LogP contribution in [0.2, 0.25) is 0 Å². The monoisotopic (exact) mass is 298 g/mol. The van der Waals surface area contributed by atoms with Crippen LogP contribution in [-0.2, 0) is 4.79 Å². The Morgan fingerprint density at radius 1 is 1.33 bits per heavy atom. The fraction of sp³-hybridized carbons (Fsp3) is 0.706. The number of alkyl halides is 3. The van der Waals surface area contributed by atoms with Gasteiger partial charge in [-0.25, -0.2) is 0 Å². The molecule has 1 saturated carbocycles. The molecule has 4 atom stereocenters. The molecule has 21 heavy (non-hydrogen) atoms. The van der Waals surface area contributed by atoms with Crippen molar-refractivity contribution in [1.29, 1.82) is 0 Å². The third kappa shape index (κ3) is 3.02. The van der Waals surface area contributed by atoms with Gasteiger partial charge in [-0.05, 0) is 38.5 Å². The smallest absolute Gasteiger partial charge is 0.299 e. The summed E-state index contributed by atoms with van der Waals surface area (Å²) in [5, 5.41) is 0. The highest BCUT2D eigenvalue weighted by Crippen LogP contribution is 2.53. The van der Waals surface area contributed by atoms with Crippen molar-refractivity contribution in [2.24, 2.45) is 23.2 Å². The molecule has 0 amide bonds. The Bertz CT molecular complexity index is 520. The van der Waals surface area contributed by atoms with Gasteiger partial charge < -0.3 is 0 Å². The zero-order chi connectivity index (χ0) is 15.8. The van der Waals surface area contributed by atoms with Crippen molar-refractivity contribution in [2.45, 2.75) is 52.6 Å². The summed E-state index contributed by atoms with van der Waals surface area (Å²) in [5.74, 6) is 3.53. The van der Waals surface area contributed by atoms with Gasteiger partial charge in [0.1, 0.15) is 11.7 Å². The molecule has 0 aliphatic heterocycles. The van der Waals surface area contributed by atoms with Crippen molar-refractivity contribution in [3.8, 4) is 11.8 Å². The summed E-state index contributed by atoms with van der Waals surface area (Å²) in [7, 11) is 0. The zero-order valence-corrected chi connectivity index (χ0v) is 12.7. The molecule has 0 heterocycles. The molecule has 0 bridgehead atoms. The fourth-order valence-electron chi connectivity index (χ4n) is 3.63. The van der Waals surface area contributed by atoms with E-state index in [0.717, 1.165) is 25.3 Å². The van der Waals surface area contributed by atoms with Gasteiger partial charge in [-0.2, -0.15) is 13.2 Å². The molecule has 0 N–H and O–H groups in total. The predicted octanol–water partition coefficient (Wildman–Crippen LogP) is 4.53. The zero-order valence-electron chi connectivity index (χ0n) is 12.7. The van der Waals surface area contributed by atoms with Crippen molar-refractivity contribution in [2.75, 3.05) is 0 Å². The first kappa shape index (κ1) is 16.1. The van der Waals surface area contributed by atoms with Crippen LogP contribution < -0.4 is 0 Å². The molecule has 4 heteroatoms. The first-order chi connectivity index (χ1) is 9.66. The molecule has 1 unspecified atom stereocenters. The summed E-state index contributed by atoms with van der Waals surface area (Å²) in [6, 6.07) is 0. The minimum absolute atomic E-state index is 0.00513. The molecule has 0 aromatic carbocycles. The molecule has 0 aromatic rings. The van der Waals surface area contributed by atoms with Crippen molar-refractivity contribution < 1.29 is 18.0 Å². The van der Waals surface area contributed by atoms with E-state index in [0.29, 0.717) is 18.6 Å². The summed E-state index contributed by atoms with van der Waals surface area (Å²) in [6.45, 7) is 4.99. The van der Waals surface area contributed by atoms with Crippen molar-refractivity contribution in [3.63, 3.8) is 0 Å². The number of ketones is 1. The number of allylic oxidation sites excluding steroid dienone is 2. The van der Waals surface area contributed by atoms with Crippen LogP contribution in [0.4, 0.5) is 13.2 Å². The van der Waals surface area contributed by atoms with Crippen molar-refractivity contribution in [1.82, 2.24) is 0 Å². The molecular formula is C17H21F3O. The van der Waals surface area contributed by atoms with Crippen LogP contribution in [0.15, 0.2) is 11.6 Å². The maximum Gasteiger partial charge on any atom is 0.402 e. The van der Waals surface area contributed by atoms with Gasteiger partial charge in [0.05, 0.1) is 0 Å². The van der Waals surface area contributed by atoms with Crippen LogP contribution in [0, 0.1) is 35.0 Å². The number of hydrogen-bond donors (Lipinski definition) is 0. The van der Waals surface area contributed by atoms with Crippen molar-refractivity contribution >= 4 is 5.78 Å². The Kier molecular flexibility index (Phi) is 4.24. The van der Waals surface area contributed by atoms with E-state index in [9.17, 15) is 18.0 Å². The minimum atomic E-state index is -4.27. The van der Waals surface area contributed by atoms with Gasteiger partial charge in [-0.15, -0.1) is 0 Å². The van der Waals surface area contributed by atoms with E-state index in [1.165, 1.54) is 0 Å². The van der Waals surface area contributed by atoms with Crippen LogP contribution in [0.3, 0.4) is 0 Å². The molecular weight excluding hydrogens is 277 g/mol. The lowest BCUT2D eigenvalue weighted by atomic mass is 9.64. The Balaban J connectivity index is 2.16. The Morgan fingerprint density at radius 2 is 2.00 bits per heavy atom. The van der Waals surface area contributed by atoms with E-state index in [1.807, 2.05) is 13.0 Å². The van der Waals surface area contributed by atoms with Gasteiger partial charge in [-0.3, -0.25) is 4.79 Å². The molecule has 2 aliphatic rings. The molecule has 0 aromatic heterocycles. The van der Waals surface area contributed by atoms with Gasteiger partial charge in [0, 0.05) is 18.3 Å². The molecule has 2 aliphatic carbocycles. The largest absolute Gasteiger partial charge is 0.402 e. The topological polar surface area (TPSA) is 17.1 Å².